The fraction of sp³-hybridized carbons (Fsp3) is 0.562. The van der Waals surface area contributed by atoms with E-state index in [0.717, 1.165) is 18.2 Å². The number of hydrogen-bond acceptors (Lipinski definition) is 3. The Balaban J connectivity index is 1.61. The summed E-state index contributed by atoms with van der Waals surface area (Å²) in [5.41, 5.74) is 2.00. The molecule has 19 heavy (non-hydrogen) atoms. The van der Waals surface area contributed by atoms with E-state index in [1.165, 1.54) is 51.0 Å². The highest BCUT2D eigenvalue weighted by atomic mass is 15.3. The molecule has 3 nitrogen and oxygen atoms in total. The highest BCUT2D eigenvalue weighted by Crippen LogP contribution is 2.22. The predicted octanol–water partition coefficient (Wildman–Crippen LogP) is 2.23. The Bertz CT molecular complexity index is 471. The Morgan fingerprint density at radius 3 is 2.74 bits per heavy atom. The number of benzene rings is 1. The van der Waals surface area contributed by atoms with Crippen LogP contribution in [-0.2, 0) is 6.54 Å². The van der Waals surface area contributed by atoms with Gasteiger partial charge in [0.2, 0.25) is 0 Å². The number of nitriles is 1. The zero-order valence-electron chi connectivity index (χ0n) is 11.4. The van der Waals surface area contributed by atoms with Gasteiger partial charge in [0.05, 0.1) is 11.6 Å². The van der Waals surface area contributed by atoms with Crippen LogP contribution in [0.15, 0.2) is 24.3 Å². The van der Waals surface area contributed by atoms with Gasteiger partial charge >= 0.3 is 0 Å². The van der Waals surface area contributed by atoms with Crippen molar-refractivity contribution in [2.45, 2.75) is 31.8 Å². The number of rotatable bonds is 3. The molecule has 0 aromatic heterocycles. The van der Waals surface area contributed by atoms with E-state index in [2.05, 4.69) is 21.9 Å². The lowest BCUT2D eigenvalue weighted by Crippen LogP contribution is -2.35. The maximum Gasteiger partial charge on any atom is 0.0995 e. The molecule has 1 aromatic rings. The van der Waals surface area contributed by atoms with Gasteiger partial charge in [0.15, 0.2) is 0 Å². The third kappa shape index (κ3) is 2.80. The quantitative estimate of drug-likeness (QED) is 0.829. The van der Waals surface area contributed by atoms with E-state index in [9.17, 15) is 0 Å². The molecule has 1 unspecified atom stereocenters. The summed E-state index contributed by atoms with van der Waals surface area (Å²) in [5, 5.41) is 9.14. The molecular formula is C16H21N3. The van der Waals surface area contributed by atoms with Gasteiger partial charge in [0, 0.05) is 25.7 Å². The first kappa shape index (κ1) is 12.7. The molecule has 3 rings (SSSR count). The van der Waals surface area contributed by atoms with Gasteiger partial charge in [0.25, 0.3) is 0 Å². The Labute approximate surface area is 115 Å². The molecule has 2 saturated heterocycles. The van der Waals surface area contributed by atoms with Crippen molar-refractivity contribution in [3.8, 4) is 6.07 Å². The third-order valence-corrected chi connectivity index (χ3v) is 4.44. The molecule has 100 valence electrons. The van der Waals surface area contributed by atoms with E-state index in [1.54, 1.807) is 0 Å². The van der Waals surface area contributed by atoms with Crippen LogP contribution in [-0.4, -0.2) is 42.0 Å². The summed E-state index contributed by atoms with van der Waals surface area (Å²) >= 11 is 0. The Hall–Kier alpha value is -1.37. The van der Waals surface area contributed by atoms with Crippen molar-refractivity contribution < 1.29 is 0 Å². The van der Waals surface area contributed by atoms with Crippen LogP contribution in [0.5, 0.6) is 0 Å². The molecule has 0 amide bonds. The zero-order chi connectivity index (χ0) is 13.1. The second-order valence-corrected chi connectivity index (χ2v) is 5.69. The van der Waals surface area contributed by atoms with E-state index in [-0.39, 0.29) is 0 Å². The lowest BCUT2D eigenvalue weighted by Gasteiger charge is -2.23. The van der Waals surface area contributed by atoms with Gasteiger partial charge < -0.3 is 0 Å². The largest absolute Gasteiger partial charge is 0.299 e. The van der Waals surface area contributed by atoms with Crippen LogP contribution in [0.1, 0.15) is 30.4 Å². The molecule has 2 aliphatic rings. The summed E-state index contributed by atoms with van der Waals surface area (Å²) in [7, 11) is 0. The standard InChI is InChI=1S/C16H21N3/c17-11-14-5-1-2-6-15(14)12-18-10-7-16(13-18)19-8-3-4-9-19/h1-2,5-6,16H,3-4,7-10,12-13H2. The lowest BCUT2D eigenvalue weighted by molar-refractivity contribution is 0.230. The molecule has 2 heterocycles. The van der Waals surface area contributed by atoms with Gasteiger partial charge in [-0.1, -0.05) is 18.2 Å². The van der Waals surface area contributed by atoms with Crippen LogP contribution in [0.25, 0.3) is 0 Å². The zero-order valence-corrected chi connectivity index (χ0v) is 11.4. The van der Waals surface area contributed by atoms with Gasteiger partial charge in [-0.25, -0.2) is 0 Å². The normalized spacial score (nSPS) is 24.7. The van der Waals surface area contributed by atoms with Gasteiger partial charge in [-0.15, -0.1) is 0 Å². The minimum absolute atomic E-state index is 0.747. The van der Waals surface area contributed by atoms with Crippen LogP contribution in [0.3, 0.4) is 0 Å². The minimum Gasteiger partial charge on any atom is -0.299 e. The Morgan fingerprint density at radius 1 is 1.16 bits per heavy atom. The van der Waals surface area contributed by atoms with Crippen molar-refractivity contribution in [3.63, 3.8) is 0 Å². The van der Waals surface area contributed by atoms with Gasteiger partial charge in [-0.3, -0.25) is 9.80 Å². The van der Waals surface area contributed by atoms with Crippen LogP contribution >= 0.6 is 0 Å². The molecule has 0 bridgehead atoms. The summed E-state index contributed by atoms with van der Waals surface area (Å²) < 4.78 is 0. The van der Waals surface area contributed by atoms with Crippen LogP contribution < -0.4 is 0 Å². The highest BCUT2D eigenvalue weighted by Gasteiger charge is 2.29. The van der Waals surface area contributed by atoms with Gasteiger partial charge in [0.1, 0.15) is 0 Å². The highest BCUT2D eigenvalue weighted by molar-refractivity contribution is 5.37. The molecule has 0 radical (unpaired) electrons. The van der Waals surface area contributed by atoms with E-state index >= 15 is 0 Å². The maximum atomic E-state index is 9.14. The summed E-state index contributed by atoms with van der Waals surface area (Å²) in [4.78, 5) is 5.15. The molecule has 1 atom stereocenters. The first-order valence-corrected chi connectivity index (χ1v) is 7.31. The predicted molar refractivity (Wildman–Crippen MR) is 75.6 cm³/mol. The van der Waals surface area contributed by atoms with E-state index in [4.69, 9.17) is 5.26 Å². The number of hydrogen-bond donors (Lipinski definition) is 0. The molecule has 0 spiro atoms. The number of likely N-dealkylation sites (tertiary alicyclic amines) is 2. The molecular weight excluding hydrogens is 234 g/mol. The third-order valence-electron chi connectivity index (χ3n) is 4.44. The fourth-order valence-corrected chi connectivity index (χ4v) is 3.37. The molecule has 3 heteroatoms. The summed E-state index contributed by atoms with van der Waals surface area (Å²) in [6.07, 6.45) is 4.02. The van der Waals surface area contributed by atoms with Crippen molar-refractivity contribution in [1.29, 1.82) is 5.26 Å². The molecule has 1 aromatic carbocycles. The smallest absolute Gasteiger partial charge is 0.0995 e. The summed E-state index contributed by atoms with van der Waals surface area (Å²) in [6.45, 7) is 5.83. The molecule has 2 aliphatic heterocycles. The summed E-state index contributed by atoms with van der Waals surface area (Å²) in [6, 6.07) is 11.0. The topological polar surface area (TPSA) is 30.3 Å². The maximum absolute atomic E-state index is 9.14. The monoisotopic (exact) mass is 255 g/mol. The second-order valence-electron chi connectivity index (χ2n) is 5.69. The van der Waals surface area contributed by atoms with Crippen LogP contribution in [0, 0.1) is 11.3 Å². The average molecular weight is 255 g/mol. The molecule has 0 aliphatic carbocycles. The lowest BCUT2D eigenvalue weighted by atomic mass is 10.1. The first-order valence-electron chi connectivity index (χ1n) is 7.31. The van der Waals surface area contributed by atoms with Crippen molar-refractivity contribution >= 4 is 0 Å². The van der Waals surface area contributed by atoms with Crippen LogP contribution in [0.4, 0.5) is 0 Å². The molecule has 2 fully saturated rings. The van der Waals surface area contributed by atoms with E-state index in [1.807, 2.05) is 18.2 Å². The Kier molecular flexibility index (Phi) is 3.82. The van der Waals surface area contributed by atoms with Crippen molar-refractivity contribution in [1.82, 2.24) is 9.80 Å². The van der Waals surface area contributed by atoms with Crippen molar-refractivity contribution in [3.05, 3.63) is 35.4 Å². The molecule has 0 saturated carbocycles. The van der Waals surface area contributed by atoms with E-state index in [0.29, 0.717) is 0 Å². The first-order chi connectivity index (χ1) is 9.36. The second kappa shape index (κ2) is 5.73. The van der Waals surface area contributed by atoms with E-state index < -0.39 is 0 Å². The number of nitrogens with zero attached hydrogens (tertiary/aromatic N) is 3. The molecule has 0 N–H and O–H groups in total. The van der Waals surface area contributed by atoms with Gasteiger partial charge in [-0.05, 0) is 44.0 Å². The SMILES string of the molecule is N#Cc1ccccc1CN1CCC(N2CCCC2)C1. The summed E-state index contributed by atoms with van der Waals surface area (Å²) in [5.74, 6) is 0. The van der Waals surface area contributed by atoms with Crippen molar-refractivity contribution in [2.24, 2.45) is 0 Å². The minimum atomic E-state index is 0.747. The van der Waals surface area contributed by atoms with Gasteiger partial charge in [-0.2, -0.15) is 5.26 Å². The van der Waals surface area contributed by atoms with Crippen LogP contribution in [0.2, 0.25) is 0 Å². The average Bonchev–Trinajstić information content (AvgIpc) is 3.09. The fourth-order valence-electron chi connectivity index (χ4n) is 3.37. The Morgan fingerprint density at radius 2 is 1.95 bits per heavy atom. The van der Waals surface area contributed by atoms with Crippen molar-refractivity contribution in [2.75, 3.05) is 26.2 Å².